The lowest BCUT2D eigenvalue weighted by Gasteiger charge is -2.37. The molecular formula is C14H28N2O. The van der Waals surface area contributed by atoms with Gasteiger partial charge in [-0.25, -0.2) is 0 Å². The van der Waals surface area contributed by atoms with Crippen LogP contribution in [-0.2, 0) is 4.74 Å². The van der Waals surface area contributed by atoms with E-state index in [1.807, 2.05) is 0 Å². The van der Waals surface area contributed by atoms with Crippen LogP contribution in [0.25, 0.3) is 0 Å². The van der Waals surface area contributed by atoms with Crippen LogP contribution in [0.15, 0.2) is 0 Å². The molecule has 2 aliphatic rings. The summed E-state index contributed by atoms with van der Waals surface area (Å²) < 4.78 is 5.64. The molecule has 0 aromatic carbocycles. The maximum atomic E-state index is 5.64. The van der Waals surface area contributed by atoms with Gasteiger partial charge in [0.2, 0.25) is 0 Å². The van der Waals surface area contributed by atoms with Gasteiger partial charge >= 0.3 is 0 Å². The highest BCUT2D eigenvalue weighted by Crippen LogP contribution is 2.30. The topological polar surface area (TPSA) is 33.3 Å². The summed E-state index contributed by atoms with van der Waals surface area (Å²) in [7, 11) is 0. The van der Waals surface area contributed by atoms with Crippen molar-refractivity contribution in [3.05, 3.63) is 0 Å². The van der Waals surface area contributed by atoms with Crippen LogP contribution in [-0.4, -0.2) is 38.9 Å². The molecule has 0 aromatic rings. The second-order valence-electron chi connectivity index (χ2n) is 6.30. The monoisotopic (exact) mass is 240 g/mol. The lowest BCUT2D eigenvalue weighted by Crippen LogP contribution is -2.44. The molecule has 0 aliphatic carbocycles. The SMILES string of the molecule is CC(C)(CNCC1CCCO1)C1CCCNC1. The van der Waals surface area contributed by atoms with E-state index >= 15 is 0 Å². The number of nitrogens with one attached hydrogen (secondary N) is 2. The number of ether oxygens (including phenoxy) is 1. The predicted molar refractivity (Wildman–Crippen MR) is 71.2 cm³/mol. The Hall–Kier alpha value is -0.120. The standard InChI is InChI=1S/C14H28N2O/c1-14(2,12-5-3-7-15-9-12)11-16-10-13-6-4-8-17-13/h12-13,15-16H,3-11H2,1-2H3. The Kier molecular flexibility index (Phi) is 4.83. The third-order valence-electron chi connectivity index (χ3n) is 4.38. The second-order valence-corrected chi connectivity index (χ2v) is 6.30. The van der Waals surface area contributed by atoms with Gasteiger partial charge in [-0.15, -0.1) is 0 Å². The molecule has 2 unspecified atom stereocenters. The number of piperidine rings is 1. The van der Waals surface area contributed by atoms with Gasteiger partial charge in [-0.1, -0.05) is 13.8 Å². The summed E-state index contributed by atoms with van der Waals surface area (Å²) in [6.07, 6.45) is 5.65. The molecule has 2 atom stereocenters. The molecule has 17 heavy (non-hydrogen) atoms. The molecule has 0 bridgehead atoms. The van der Waals surface area contributed by atoms with E-state index in [1.54, 1.807) is 0 Å². The van der Waals surface area contributed by atoms with Crippen LogP contribution in [0.3, 0.4) is 0 Å². The van der Waals surface area contributed by atoms with E-state index in [2.05, 4.69) is 24.5 Å². The maximum absolute atomic E-state index is 5.64. The van der Waals surface area contributed by atoms with Crippen molar-refractivity contribution in [2.75, 3.05) is 32.8 Å². The Morgan fingerprint density at radius 3 is 2.82 bits per heavy atom. The van der Waals surface area contributed by atoms with Crippen molar-refractivity contribution in [2.45, 2.75) is 45.6 Å². The molecule has 2 fully saturated rings. The van der Waals surface area contributed by atoms with Crippen LogP contribution >= 0.6 is 0 Å². The molecule has 0 saturated carbocycles. The fraction of sp³-hybridized carbons (Fsp3) is 1.00. The van der Waals surface area contributed by atoms with Crippen molar-refractivity contribution in [1.82, 2.24) is 10.6 Å². The van der Waals surface area contributed by atoms with Gasteiger partial charge in [-0.3, -0.25) is 0 Å². The normalized spacial score (nSPS) is 30.7. The zero-order valence-corrected chi connectivity index (χ0v) is 11.4. The van der Waals surface area contributed by atoms with Crippen molar-refractivity contribution in [3.8, 4) is 0 Å². The Bertz CT molecular complexity index is 218. The molecular weight excluding hydrogens is 212 g/mol. The minimum absolute atomic E-state index is 0.395. The van der Waals surface area contributed by atoms with Crippen LogP contribution in [0.1, 0.15) is 39.5 Å². The zero-order chi connectivity index (χ0) is 12.1. The first kappa shape index (κ1) is 13.3. The van der Waals surface area contributed by atoms with Crippen molar-refractivity contribution < 1.29 is 4.74 Å². The molecule has 2 aliphatic heterocycles. The quantitative estimate of drug-likeness (QED) is 0.768. The number of hydrogen-bond donors (Lipinski definition) is 2. The van der Waals surface area contributed by atoms with Crippen molar-refractivity contribution >= 4 is 0 Å². The van der Waals surface area contributed by atoms with Gasteiger partial charge < -0.3 is 15.4 Å². The summed E-state index contributed by atoms with van der Waals surface area (Å²) in [5, 5.41) is 7.13. The molecule has 3 nitrogen and oxygen atoms in total. The van der Waals surface area contributed by atoms with E-state index < -0.39 is 0 Å². The van der Waals surface area contributed by atoms with E-state index in [4.69, 9.17) is 4.74 Å². The largest absolute Gasteiger partial charge is 0.377 e. The molecule has 0 aromatic heterocycles. The lowest BCUT2D eigenvalue weighted by atomic mass is 9.75. The first-order valence-corrected chi connectivity index (χ1v) is 7.21. The number of rotatable bonds is 5. The highest BCUT2D eigenvalue weighted by atomic mass is 16.5. The summed E-state index contributed by atoms with van der Waals surface area (Å²) in [6, 6.07) is 0. The van der Waals surface area contributed by atoms with Crippen LogP contribution in [0.4, 0.5) is 0 Å². The molecule has 2 rings (SSSR count). The van der Waals surface area contributed by atoms with E-state index in [9.17, 15) is 0 Å². The maximum Gasteiger partial charge on any atom is 0.0700 e. The summed E-state index contributed by atoms with van der Waals surface area (Å²) in [5.41, 5.74) is 0.395. The van der Waals surface area contributed by atoms with Gasteiger partial charge in [-0.05, 0) is 50.1 Å². The third-order valence-corrected chi connectivity index (χ3v) is 4.38. The Morgan fingerprint density at radius 2 is 2.18 bits per heavy atom. The molecule has 2 N–H and O–H groups in total. The van der Waals surface area contributed by atoms with Crippen molar-refractivity contribution in [2.24, 2.45) is 11.3 Å². The predicted octanol–water partition coefficient (Wildman–Crippen LogP) is 1.78. The minimum Gasteiger partial charge on any atom is -0.377 e. The van der Waals surface area contributed by atoms with E-state index in [0.29, 0.717) is 11.5 Å². The minimum atomic E-state index is 0.395. The molecule has 0 amide bonds. The summed E-state index contributed by atoms with van der Waals surface area (Å²) in [5.74, 6) is 0.813. The molecule has 2 heterocycles. The molecule has 0 radical (unpaired) electrons. The highest BCUT2D eigenvalue weighted by Gasteiger charge is 2.30. The molecule has 2 saturated heterocycles. The average molecular weight is 240 g/mol. The lowest BCUT2D eigenvalue weighted by molar-refractivity contribution is 0.101. The first-order valence-electron chi connectivity index (χ1n) is 7.21. The Morgan fingerprint density at radius 1 is 1.29 bits per heavy atom. The molecule has 100 valence electrons. The fourth-order valence-electron chi connectivity index (χ4n) is 3.02. The van der Waals surface area contributed by atoms with E-state index in [1.165, 1.54) is 38.8 Å². The fourth-order valence-corrected chi connectivity index (χ4v) is 3.02. The zero-order valence-electron chi connectivity index (χ0n) is 11.4. The van der Waals surface area contributed by atoms with Gasteiger partial charge in [0, 0.05) is 19.7 Å². The Labute approximate surface area is 106 Å². The average Bonchev–Trinajstić information content (AvgIpc) is 2.83. The summed E-state index contributed by atoms with van der Waals surface area (Å²) in [6.45, 7) is 10.3. The second kappa shape index (κ2) is 6.17. The third kappa shape index (κ3) is 3.94. The van der Waals surface area contributed by atoms with Gasteiger partial charge in [0.15, 0.2) is 0 Å². The van der Waals surface area contributed by atoms with Gasteiger partial charge in [0.05, 0.1) is 6.10 Å². The van der Waals surface area contributed by atoms with E-state index in [0.717, 1.165) is 25.6 Å². The van der Waals surface area contributed by atoms with Gasteiger partial charge in [0.25, 0.3) is 0 Å². The van der Waals surface area contributed by atoms with Crippen molar-refractivity contribution in [1.29, 1.82) is 0 Å². The highest BCUT2D eigenvalue weighted by molar-refractivity contribution is 4.85. The van der Waals surface area contributed by atoms with E-state index in [-0.39, 0.29) is 0 Å². The van der Waals surface area contributed by atoms with Gasteiger partial charge in [0.1, 0.15) is 0 Å². The Balaban J connectivity index is 1.68. The van der Waals surface area contributed by atoms with Gasteiger partial charge in [-0.2, -0.15) is 0 Å². The summed E-state index contributed by atoms with van der Waals surface area (Å²) >= 11 is 0. The molecule has 0 spiro atoms. The number of hydrogen-bond acceptors (Lipinski definition) is 3. The van der Waals surface area contributed by atoms with Crippen LogP contribution < -0.4 is 10.6 Å². The molecule has 3 heteroatoms. The van der Waals surface area contributed by atoms with Crippen LogP contribution in [0.5, 0.6) is 0 Å². The van der Waals surface area contributed by atoms with Crippen molar-refractivity contribution in [3.63, 3.8) is 0 Å². The van der Waals surface area contributed by atoms with Crippen LogP contribution in [0, 0.1) is 11.3 Å². The smallest absolute Gasteiger partial charge is 0.0700 e. The van der Waals surface area contributed by atoms with Crippen LogP contribution in [0.2, 0.25) is 0 Å². The summed E-state index contributed by atoms with van der Waals surface area (Å²) in [4.78, 5) is 0. The first-order chi connectivity index (χ1) is 8.18.